The highest BCUT2D eigenvalue weighted by atomic mass is 15.1. The molecule has 0 saturated heterocycles. The van der Waals surface area contributed by atoms with Crippen LogP contribution in [0.5, 0.6) is 0 Å². The van der Waals surface area contributed by atoms with Gasteiger partial charge in [0.1, 0.15) is 0 Å². The van der Waals surface area contributed by atoms with E-state index in [1.807, 2.05) is 0 Å². The number of hydrogen-bond donors (Lipinski definition) is 0. The maximum absolute atomic E-state index is 2.47. The molecule has 0 amide bonds. The smallest absolute Gasteiger partial charge is 0.0562 e. The summed E-state index contributed by atoms with van der Waals surface area (Å²) in [6.45, 7) is 4.72. The Labute approximate surface area is 333 Å². The Morgan fingerprint density at radius 3 is 1.89 bits per heavy atom. The molecule has 0 fully saturated rings. The number of para-hydroxylation sites is 2. The van der Waals surface area contributed by atoms with Crippen molar-refractivity contribution in [3.8, 4) is 39.1 Å². The van der Waals surface area contributed by atoms with E-state index >= 15 is 0 Å². The second-order valence-corrected chi connectivity index (χ2v) is 15.8. The minimum absolute atomic E-state index is 0.130. The zero-order valence-corrected chi connectivity index (χ0v) is 32.0. The normalized spacial score (nSPS) is 12.9. The van der Waals surface area contributed by atoms with E-state index in [0.29, 0.717) is 0 Å². The molecule has 11 rings (SSSR count). The summed E-state index contributed by atoms with van der Waals surface area (Å²) in [5.74, 6) is 0. The van der Waals surface area contributed by atoms with Crippen molar-refractivity contribution < 1.29 is 0 Å². The van der Waals surface area contributed by atoms with Crippen LogP contribution in [0.4, 0.5) is 17.1 Å². The summed E-state index contributed by atoms with van der Waals surface area (Å²) in [6.07, 6.45) is 0. The summed E-state index contributed by atoms with van der Waals surface area (Å²) in [5, 5.41) is 4.98. The van der Waals surface area contributed by atoms with Crippen molar-refractivity contribution in [1.29, 1.82) is 0 Å². The molecular formula is C55H40N2. The molecule has 0 aliphatic heterocycles. The van der Waals surface area contributed by atoms with E-state index in [1.165, 1.54) is 71.6 Å². The van der Waals surface area contributed by atoms with Gasteiger partial charge in [-0.1, -0.05) is 166 Å². The molecule has 0 N–H and O–H groups in total. The van der Waals surface area contributed by atoms with E-state index in [4.69, 9.17) is 0 Å². The molecule has 57 heavy (non-hydrogen) atoms. The van der Waals surface area contributed by atoms with Crippen molar-refractivity contribution in [2.45, 2.75) is 19.3 Å². The molecule has 1 aliphatic rings. The summed E-state index contributed by atoms with van der Waals surface area (Å²) in [5.41, 5.74) is 16.9. The number of rotatable bonds is 6. The van der Waals surface area contributed by atoms with Gasteiger partial charge in [-0.25, -0.2) is 0 Å². The third kappa shape index (κ3) is 5.25. The van der Waals surface area contributed by atoms with Gasteiger partial charge < -0.3 is 9.47 Å². The standard InChI is InChI=1S/C55H40N2/c1-55(2)49-25-13-11-23-46(49)47-32-30-42(35-50(47)55)56(51-26-14-12-22-44(51)38-17-5-3-6-18-38)43-31-33-48-53(36-43)57(41-20-7-4-8-21-41)52-27-15-24-45(54(48)52)40-29-28-37-16-9-10-19-39(37)34-40/h3-36H,1-2H3. The molecule has 1 heterocycles. The Kier molecular flexibility index (Phi) is 7.55. The van der Waals surface area contributed by atoms with Crippen LogP contribution in [0.3, 0.4) is 0 Å². The first kappa shape index (κ1) is 33.2. The Morgan fingerprint density at radius 2 is 1.05 bits per heavy atom. The summed E-state index contributed by atoms with van der Waals surface area (Å²) in [4.78, 5) is 2.47. The van der Waals surface area contributed by atoms with Crippen LogP contribution in [0.25, 0.3) is 71.6 Å². The quantitative estimate of drug-likeness (QED) is 0.165. The lowest BCUT2D eigenvalue weighted by molar-refractivity contribution is 0.660. The van der Waals surface area contributed by atoms with E-state index in [9.17, 15) is 0 Å². The van der Waals surface area contributed by atoms with Crippen LogP contribution in [0.2, 0.25) is 0 Å². The number of hydrogen-bond acceptors (Lipinski definition) is 1. The summed E-state index contributed by atoms with van der Waals surface area (Å²) in [6, 6.07) is 75.7. The highest BCUT2D eigenvalue weighted by Crippen LogP contribution is 2.52. The number of benzene rings is 9. The van der Waals surface area contributed by atoms with Crippen molar-refractivity contribution in [3.63, 3.8) is 0 Å². The summed E-state index contributed by atoms with van der Waals surface area (Å²) in [7, 11) is 0. The minimum Gasteiger partial charge on any atom is -0.310 e. The lowest BCUT2D eigenvalue weighted by Crippen LogP contribution is -2.17. The second-order valence-electron chi connectivity index (χ2n) is 15.8. The zero-order chi connectivity index (χ0) is 38.1. The third-order valence-electron chi connectivity index (χ3n) is 12.2. The van der Waals surface area contributed by atoms with Gasteiger partial charge in [-0.05, 0) is 104 Å². The van der Waals surface area contributed by atoms with Crippen LogP contribution >= 0.6 is 0 Å². The van der Waals surface area contributed by atoms with E-state index in [0.717, 1.165) is 28.3 Å². The van der Waals surface area contributed by atoms with Crippen LogP contribution in [0.1, 0.15) is 25.0 Å². The fraction of sp³-hybridized carbons (Fsp3) is 0.0545. The maximum atomic E-state index is 2.47. The SMILES string of the molecule is CC1(C)c2ccccc2-c2ccc(N(c3ccc4c5c(-c6ccc7ccccc7c6)cccc5n(-c5ccccc5)c4c3)c3ccccc3-c3ccccc3)cc21. The predicted octanol–water partition coefficient (Wildman–Crippen LogP) is 15.0. The van der Waals surface area contributed by atoms with Gasteiger partial charge in [-0.15, -0.1) is 0 Å². The Bertz CT molecular complexity index is 3150. The molecule has 270 valence electrons. The fourth-order valence-corrected chi connectivity index (χ4v) is 9.44. The first-order chi connectivity index (χ1) is 28.0. The van der Waals surface area contributed by atoms with Crippen LogP contribution < -0.4 is 4.90 Å². The lowest BCUT2D eigenvalue weighted by Gasteiger charge is -2.30. The molecular weight excluding hydrogens is 689 g/mol. The average Bonchev–Trinajstić information content (AvgIpc) is 3.72. The maximum Gasteiger partial charge on any atom is 0.0562 e. The van der Waals surface area contributed by atoms with Gasteiger partial charge in [0.05, 0.1) is 16.7 Å². The van der Waals surface area contributed by atoms with Gasteiger partial charge >= 0.3 is 0 Å². The van der Waals surface area contributed by atoms with E-state index < -0.39 is 0 Å². The van der Waals surface area contributed by atoms with Crippen molar-refractivity contribution in [1.82, 2.24) is 4.57 Å². The topological polar surface area (TPSA) is 8.17 Å². The van der Waals surface area contributed by atoms with Crippen molar-refractivity contribution in [3.05, 3.63) is 217 Å². The van der Waals surface area contributed by atoms with E-state index in [1.54, 1.807) is 0 Å². The van der Waals surface area contributed by atoms with Gasteiger partial charge in [-0.2, -0.15) is 0 Å². The number of nitrogens with zero attached hydrogens (tertiary/aromatic N) is 2. The lowest BCUT2D eigenvalue weighted by atomic mass is 9.82. The predicted molar refractivity (Wildman–Crippen MR) is 241 cm³/mol. The summed E-state index contributed by atoms with van der Waals surface area (Å²) >= 11 is 0. The molecule has 0 atom stereocenters. The highest BCUT2D eigenvalue weighted by Gasteiger charge is 2.36. The summed E-state index contributed by atoms with van der Waals surface area (Å²) < 4.78 is 2.45. The first-order valence-electron chi connectivity index (χ1n) is 19.9. The van der Waals surface area contributed by atoms with Gasteiger partial charge in [0.15, 0.2) is 0 Å². The monoisotopic (exact) mass is 728 g/mol. The molecule has 0 radical (unpaired) electrons. The number of aromatic nitrogens is 1. The molecule has 2 heteroatoms. The Morgan fingerprint density at radius 1 is 0.404 bits per heavy atom. The van der Waals surface area contributed by atoms with Gasteiger partial charge in [-0.3, -0.25) is 0 Å². The van der Waals surface area contributed by atoms with Crippen molar-refractivity contribution in [2.24, 2.45) is 0 Å². The first-order valence-corrected chi connectivity index (χ1v) is 19.9. The molecule has 1 aliphatic carbocycles. The molecule has 1 aromatic heterocycles. The molecule has 0 saturated carbocycles. The highest BCUT2D eigenvalue weighted by molar-refractivity contribution is 6.17. The number of anilines is 3. The molecule has 0 bridgehead atoms. The number of fused-ring (bicyclic) bond motifs is 7. The Hall–Kier alpha value is -7.16. The molecule has 10 aromatic rings. The molecule has 2 nitrogen and oxygen atoms in total. The second kappa shape index (κ2) is 13.0. The zero-order valence-electron chi connectivity index (χ0n) is 32.0. The van der Waals surface area contributed by atoms with E-state index in [2.05, 4.69) is 230 Å². The van der Waals surface area contributed by atoms with E-state index in [-0.39, 0.29) is 5.41 Å². The van der Waals surface area contributed by atoms with Gasteiger partial charge in [0.2, 0.25) is 0 Å². The fourth-order valence-electron chi connectivity index (χ4n) is 9.44. The van der Waals surface area contributed by atoms with Gasteiger partial charge in [0, 0.05) is 38.8 Å². The van der Waals surface area contributed by atoms with Crippen LogP contribution in [0, 0.1) is 0 Å². The van der Waals surface area contributed by atoms with Crippen molar-refractivity contribution >= 4 is 49.6 Å². The molecule has 9 aromatic carbocycles. The van der Waals surface area contributed by atoms with Crippen molar-refractivity contribution in [2.75, 3.05) is 4.90 Å². The van der Waals surface area contributed by atoms with Crippen LogP contribution in [-0.4, -0.2) is 4.57 Å². The molecule has 0 unspecified atom stereocenters. The van der Waals surface area contributed by atoms with Crippen LogP contribution in [0.15, 0.2) is 206 Å². The largest absolute Gasteiger partial charge is 0.310 e. The third-order valence-corrected chi connectivity index (χ3v) is 12.2. The minimum atomic E-state index is -0.130. The molecule has 0 spiro atoms. The van der Waals surface area contributed by atoms with Gasteiger partial charge in [0.25, 0.3) is 0 Å². The van der Waals surface area contributed by atoms with Crippen LogP contribution in [-0.2, 0) is 5.41 Å². The average molecular weight is 729 g/mol. The Balaban J connectivity index is 1.18.